The van der Waals surface area contributed by atoms with Crippen LogP contribution < -0.4 is 10.6 Å². The molecule has 0 atom stereocenters. The molecule has 1 amide bonds. The average molecular weight is 312 g/mol. The third-order valence-electron chi connectivity index (χ3n) is 3.76. The maximum absolute atomic E-state index is 12.0. The van der Waals surface area contributed by atoms with Gasteiger partial charge in [-0.25, -0.2) is 0 Å². The van der Waals surface area contributed by atoms with Gasteiger partial charge in [-0.05, 0) is 23.6 Å². The summed E-state index contributed by atoms with van der Waals surface area (Å²) in [5.74, 6) is 0.523. The van der Waals surface area contributed by atoms with E-state index < -0.39 is 0 Å². The van der Waals surface area contributed by atoms with Crippen LogP contribution in [0.4, 0.5) is 0 Å². The number of carbonyl (C=O) groups excluding carboxylic acids is 1. The van der Waals surface area contributed by atoms with Gasteiger partial charge in [0.2, 0.25) is 0 Å². The number of hydrogen-bond acceptors (Lipinski definition) is 3. The second-order valence-corrected chi connectivity index (χ2v) is 5.62. The van der Waals surface area contributed by atoms with Crippen molar-refractivity contribution in [2.75, 3.05) is 39.3 Å². The number of nitrogens with zero attached hydrogens (tertiary/aromatic N) is 1. The smallest absolute Gasteiger partial charge is 0.251 e. The average Bonchev–Trinajstić information content (AvgIpc) is 2.48. The lowest BCUT2D eigenvalue weighted by Crippen LogP contribution is -2.46. The molecule has 0 bridgehead atoms. The number of piperazine rings is 1. The Morgan fingerprint density at radius 3 is 2.43 bits per heavy atom. The number of amides is 1. The van der Waals surface area contributed by atoms with E-state index in [1.807, 2.05) is 24.3 Å². The molecule has 21 heavy (non-hydrogen) atoms. The van der Waals surface area contributed by atoms with E-state index in [1.165, 1.54) is 5.56 Å². The summed E-state index contributed by atoms with van der Waals surface area (Å²) in [5, 5.41) is 6.32. The van der Waals surface area contributed by atoms with Gasteiger partial charge in [0.15, 0.2) is 0 Å². The Hall–Kier alpha value is -1.10. The minimum Gasteiger partial charge on any atom is -0.351 e. The Morgan fingerprint density at radius 2 is 1.86 bits per heavy atom. The van der Waals surface area contributed by atoms with Crippen molar-refractivity contribution in [3.05, 3.63) is 35.4 Å². The van der Waals surface area contributed by atoms with E-state index in [4.69, 9.17) is 0 Å². The number of nitrogens with one attached hydrogen (secondary N) is 2. The van der Waals surface area contributed by atoms with Gasteiger partial charge in [0.05, 0.1) is 0 Å². The molecule has 0 saturated carbocycles. The lowest BCUT2D eigenvalue weighted by Gasteiger charge is -2.27. The van der Waals surface area contributed by atoms with Crippen LogP contribution in [0.3, 0.4) is 0 Å². The highest BCUT2D eigenvalue weighted by Gasteiger charge is 2.10. The summed E-state index contributed by atoms with van der Waals surface area (Å²) in [6.45, 7) is 10.2. The van der Waals surface area contributed by atoms with Gasteiger partial charge in [0.25, 0.3) is 5.91 Å². The Kier molecular flexibility index (Phi) is 7.72. The molecule has 0 unspecified atom stereocenters. The summed E-state index contributed by atoms with van der Waals surface area (Å²) in [7, 11) is 0. The molecule has 0 radical (unpaired) electrons. The number of benzene rings is 1. The molecule has 5 heteroatoms. The van der Waals surface area contributed by atoms with E-state index in [0.29, 0.717) is 12.5 Å². The van der Waals surface area contributed by atoms with Gasteiger partial charge >= 0.3 is 0 Å². The van der Waals surface area contributed by atoms with E-state index in [0.717, 1.165) is 38.3 Å². The van der Waals surface area contributed by atoms with Crippen molar-refractivity contribution >= 4 is 18.3 Å². The predicted molar refractivity (Wildman–Crippen MR) is 89.4 cm³/mol. The molecule has 0 aromatic heterocycles. The third kappa shape index (κ3) is 5.65. The fraction of sp³-hybridized carbons (Fsp3) is 0.562. The summed E-state index contributed by atoms with van der Waals surface area (Å²) in [5.41, 5.74) is 2.01. The number of rotatable bonds is 5. The second-order valence-electron chi connectivity index (χ2n) is 5.62. The topological polar surface area (TPSA) is 44.4 Å². The number of halogens is 1. The molecular weight excluding hydrogens is 286 g/mol. The van der Waals surface area contributed by atoms with Crippen molar-refractivity contribution in [2.24, 2.45) is 0 Å². The largest absolute Gasteiger partial charge is 0.351 e. The Bertz CT molecular complexity index is 428. The fourth-order valence-corrected chi connectivity index (χ4v) is 2.38. The van der Waals surface area contributed by atoms with Crippen LogP contribution in [0.25, 0.3) is 0 Å². The molecule has 1 aromatic rings. The van der Waals surface area contributed by atoms with Gasteiger partial charge in [-0.3, -0.25) is 9.69 Å². The summed E-state index contributed by atoms with van der Waals surface area (Å²) in [6, 6.07) is 7.90. The predicted octanol–water partition coefficient (Wildman–Crippen LogP) is 1.87. The van der Waals surface area contributed by atoms with Crippen LogP contribution in [0.15, 0.2) is 24.3 Å². The van der Waals surface area contributed by atoms with Crippen LogP contribution in [0.1, 0.15) is 35.7 Å². The van der Waals surface area contributed by atoms with Crippen molar-refractivity contribution in [3.8, 4) is 0 Å². The van der Waals surface area contributed by atoms with Gasteiger partial charge in [-0.2, -0.15) is 0 Å². The normalized spacial score (nSPS) is 15.6. The summed E-state index contributed by atoms with van der Waals surface area (Å²) < 4.78 is 0. The molecule has 1 aliphatic heterocycles. The SMILES string of the molecule is CC(C)c1ccc(C(=O)NCCN2CCNCC2)cc1.Cl. The molecule has 2 rings (SSSR count). The third-order valence-corrected chi connectivity index (χ3v) is 3.76. The van der Waals surface area contributed by atoms with E-state index in [1.54, 1.807) is 0 Å². The molecule has 4 nitrogen and oxygen atoms in total. The highest BCUT2D eigenvalue weighted by Crippen LogP contribution is 2.14. The highest BCUT2D eigenvalue weighted by atomic mass is 35.5. The molecule has 0 spiro atoms. The molecule has 1 aromatic carbocycles. The van der Waals surface area contributed by atoms with Crippen LogP contribution in [-0.4, -0.2) is 50.1 Å². The standard InChI is InChI=1S/C16H25N3O.ClH/c1-13(2)14-3-5-15(6-4-14)16(20)18-9-12-19-10-7-17-8-11-19;/h3-6,13,17H,7-12H2,1-2H3,(H,18,20);1H. The van der Waals surface area contributed by atoms with Crippen molar-refractivity contribution in [2.45, 2.75) is 19.8 Å². The van der Waals surface area contributed by atoms with Gasteiger partial charge in [0, 0.05) is 44.8 Å². The lowest BCUT2D eigenvalue weighted by molar-refractivity contribution is 0.0947. The van der Waals surface area contributed by atoms with E-state index in [9.17, 15) is 4.79 Å². The van der Waals surface area contributed by atoms with Gasteiger partial charge in [-0.15, -0.1) is 12.4 Å². The van der Waals surface area contributed by atoms with E-state index in [-0.39, 0.29) is 18.3 Å². The zero-order valence-electron chi connectivity index (χ0n) is 12.9. The van der Waals surface area contributed by atoms with E-state index >= 15 is 0 Å². The summed E-state index contributed by atoms with van der Waals surface area (Å²) in [6.07, 6.45) is 0. The van der Waals surface area contributed by atoms with Gasteiger partial charge < -0.3 is 10.6 Å². The Labute approximate surface area is 133 Å². The first-order valence-corrected chi connectivity index (χ1v) is 7.48. The van der Waals surface area contributed by atoms with Crippen LogP contribution in [0, 0.1) is 0 Å². The minimum atomic E-state index is 0. The first-order valence-electron chi connectivity index (χ1n) is 7.48. The van der Waals surface area contributed by atoms with Crippen LogP contribution in [0.5, 0.6) is 0 Å². The lowest BCUT2D eigenvalue weighted by atomic mass is 10.0. The van der Waals surface area contributed by atoms with Gasteiger partial charge in [-0.1, -0.05) is 26.0 Å². The Morgan fingerprint density at radius 1 is 1.24 bits per heavy atom. The van der Waals surface area contributed by atoms with E-state index in [2.05, 4.69) is 29.4 Å². The maximum Gasteiger partial charge on any atom is 0.251 e. The summed E-state index contributed by atoms with van der Waals surface area (Å²) >= 11 is 0. The summed E-state index contributed by atoms with van der Waals surface area (Å²) in [4.78, 5) is 14.4. The zero-order valence-corrected chi connectivity index (χ0v) is 13.7. The van der Waals surface area contributed by atoms with Crippen molar-refractivity contribution in [1.82, 2.24) is 15.5 Å². The van der Waals surface area contributed by atoms with Crippen molar-refractivity contribution in [3.63, 3.8) is 0 Å². The van der Waals surface area contributed by atoms with Gasteiger partial charge in [0.1, 0.15) is 0 Å². The first-order chi connectivity index (χ1) is 9.66. The quantitative estimate of drug-likeness (QED) is 0.872. The first kappa shape index (κ1) is 18.0. The molecule has 1 saturated heterocycles. The zero-order chi connectivity index (χ0) is 14.4. The molecule has 1 fully saturated rings. The molecule has 0 aliphatic carbocycles. The molecule has 1 aliphatic rings. The Balaban J connectivity index is 0.00000220. The van der Waals surface area contributed by atoms with Crippen molar-refractivity contribution < 1.29 is 4.79 Å². The van der Waals surface area contributed by atoms with Crippen LogP contribution in [-0.2, 0) is 0 Å². The molecule has 1 heterocycles. The van der Waals surface area contributed by atoms with Crippen LogP contribution in [0.2, 0.25) is 0 Å². The monoisotopic (exact) mass is 311 g/mol. The molecule has 2 N–H and O–H groups in total. The number of hydrogen-bond donors (Lipinski definition) is 2. The number of carbonyl (C=O) groups is 1. The molecule has 118 valence electrons. The second kappa shape index (κ2) is 9.03. The van der Waals surface area contributed by atoms with Crippen LogP contribution >= 0.6 is 12.4 Å². The highest BCUT2D eigenvalue weighted by molar-refractivity contribution is 5.94. The van der Waals surface area contributed by atoms with Crippen molar-refractivity contribution in [1.29, 1.82) is 0 Å². The molecular formula is C16H26ClN3O. The maximum atomic E-state index is 12.0. The fourth-order valence-electron chi connectivity index (χ4n) is 2.38. The minimum absolute atomic E-state index is 0.